The molecule has 2 nitrogen and oxygen atoms in total. The molecule has 0 heterocycles. The molecule has 8 aromatic carbocycles. The third-order valence-electron chi connectivity index (χ3n) is 9.85. The zero-order valence-corrected chi connectivity index (χ0v) is 30.8. The van der Waals surface area contributed by atoms with Crippen LogP contribution in [0, 0.1) is 0 Å². The number of nitrogens with zero attached hydrogens (tertiary/aromatic N) is 1. The Hall–Kier alpha value is -7.16. The van der Waals surface area contributed by atoms with Crippen LogP contribution in [0.1, 0.15) is 33.4 Å². The number of benzene rings is 8. The molecule has 0 saturated heterocycles. The van der Waals surface area contributed by atoms with Gasteiger partial charge in [0.05, 0.1) is 12.8 Å². The van der Waals surface area contributed by atoms with E-state index in [1.165, 1.54) is 38.8 Å². The molecule has 0 aliphatic heterocycles. The number of anilines is 3. The van der Waals surface area contributed by atoms with Crippen molar-refractivity contribution in [3.8, 4) is 5.75 Å². The van der Waals surface area contributed by atoms with Crippen molar-refractivity contribution in [1.82, 2.24) is 0 Å². The van der Waals surface area contributed by atoms with Gasteiger partial charge < -0.3 is 9.64 Å². The van der Waals surface area contributed by atoms with Gasteiger partial charge in [-0.2, -0.15) is 0 Å². The van der Waals surface area contributed by atoms with Gasteiger partial charge in [0.15, 0.2) is 0 Å². The van der Waals surface area contributed by atoms with Crippen LogP contribution in [0.3, 0.4) is 0 Å². The van der Waals surface area contributed by atoms with E-state index in [0.29, 0.717) is 0 Å². The van der Waals surface area contributed by atoms with E-state index in [-0.39, 0.29) is 0 Å². The van der Waals surface area contributed by atoms with E-state index in [1.807, 2.05) is 12.1 Å². The normalized spacial score (nSPS) is 10.9. The van der Waals surface area contributed by atoms with Crippen LogP contribution in [0.25, 0.3) is 34.1 Å². The first-order valence-electron chi connectivity index (χ1n) is 18.6. The zero-order chi connectivity index (χ0) is 37.2. The van der Waals surface area contributed by atoms with Gasteiger partial charge in [-0.15, -0.1) is 0 Å². The van der Waals surface area contributed by atoms with Crippen LogP contribution in [-0.2, 0) is 0 Å². The first kappa shape index (κ1) is 34.9. The summed E-state index contributed by atoms with van der Waals surface area (Å²) in [5.41, 5.74) is 12.6. The molecule has 8 rings (SSSR count). The maximum Gasteiger partial charge on any atom is 0.119 e. The molecule has 0 atom stereocenters. The number of ether oxygens (including phenoxy) is 1. The molecule has 8 aromatic rings. The lowest BCUT2D eigenvalue weighted by Crippen LogP contribution is -2.10. The summed E-state index contributed by atoms with van der Waals surface area (Å²) in [7, 11) is 1.70. The molecule has 0 aliphatic carbocycles. The van der Waals surface area contributed by atoms with E-state index in [1.54, 1.807) is 7.11 Å². The predicted octanol–water partition coefficient (Wildman–Crippen LogP) is 14.1. The van der Waals surface area contributed by atoms with Crippen LogP contribution in [0.4, 0.5) is 17.1 Å². The van der Waals surface area contributed by atoms with Crippen molar-refractivity contribution in [2.45, 2.75) is 0 Å². The molecule has 2 heteroatoms. The van der Waals surface area contributed by atoms with Gasteiger partial charge in [-0.25, -0.2) is 0 Å². The molecule has 0 amide bonds. The second-order valence-corrected chi connectivity index (χ2v) is 13.3. The number of hydrogen-bond acceptors (Lipinski definition) is 2. The van der Waals surface area contributed by atoms with Gasteiger partial charge in [0, 0.05) is 16.8 Å². The van der Waals surface area contributed by atoms with Crippen molar-refractivity contribution >= 4 is 51.1 Å². The summed E-state index contributed by atoms with van der Waals surface area (Å²) in [6.45, 7) is 0. The molecule has 0 bridgehead atoms. The molecule has 0 N–H and O–H groups in total. The molecule has 0 spiro atoms. The quantitative estimate of drug-likeness (QED) is 0.0980. The van der Waals surface area contributed by atoms with Gasteiger partial charge in [-0.05, 0) is 98.5 Å². The van der Waals surface area contributed by atoms with E-state index in [0.717, 1.165) is 39.3 Å². The van der Waals surface area contributed by atoms with Gasteiger partial charge >= 0.3 is 0 Å². The highest BCUT2D eigenvalue weighted by Crippen LogP contribution is 2.41. The fourth-order valence-electron chi connectivity index (χ4n) is 7.09. The molecular formula is C53H41NO. The minimum Gasteiger partial charge on any atom is -0.497 e. The molecule has 0 fully saturated rings. The second kappa shape index (κ2) is 16.7. The monoisotopic (exact) mass is 707 g/mol. The Labute approximate surface area is 324 Å². The number of fused-ring (bicyclic) bond motifs is 1. The highest BCUT2D eigenvalue weighted by Gasteiger charge is 2.17. The van der Waals surface area contributed by atoms with E-state index < -0.39 is 0 Å². The minimum atomic E-state index is 0.822. The van der Waals surface area contributed by atoms with Crippen molar-refractivity contribution in [1.29, 1.82) is 0 Å². The van der Waals surface area contributed by atoms with Crippen LogP contribution in [0.5, 0.6) is 5.75 Å². The van der Waals surface area contributed by atoms with Gasteiger partial charge in [-0.1, -0.05) is 182 Å². The van der Waals surface area contributed by atoms with Crippen LogP contribution < -0.4 is 9.64 Å². The van der Waals surface area contributed by atoms with Crippen molar-refractivity contribution in [3.05, 3.63) is 252 Å². The summed E-state index contributed by atoms with van der Waals surface area (Å²) in [4.78, 5) is 2.33. The summed E-state index contributed by atoms with van der Waals surface area (Å²) in [6.07, 6.45) is 8.84. The molecule has 0 unspecified atom stereocenters. The topological polar surface area (TPSA) is 12.5 Å². The molecule has 264 valence electrons. The van der Waals surface area contributed by atoms with Crippen molar-refractivity contribution < 1.29 is 4.74 Å². The minimum absolute atomic E-state index is 0.822. The van der Waals surface area contributed by atoms with Crippen LogP contribution >= 0.6 is 0 Å². The summed E-state index contributed by atoms with van der Waals surface area (Å²) in [5, 5.41) is 2.35. The van der Waals surface area contributed by atoms with E-state index >= 15 is 0 Å². The maximum atomic E-state index is 5.55. The lowest BCUT2D eigenvalue weighted by atomic mass is 9.93. The first-order valence-corrected chi connectivity index (χ1v) is 18.6. The summed E-state index contributed by atoms with van der Waals surface area (Å²) < 4.78 is 5.55. The van der Waals surface area contributed by atoms with Crippen molar-refractivity contribution in [3.63, 3.8) is 0 Å². The molecule has 55 heavy (non-hydrogen) atoms. The molecule has 0 saturated carbocycles. The maximum absolute atomic E-state index is 5.55. The zero-order valence-electron chi connectivity index (χ0n) is 30.8. The Balaban J connectivity index is 1.19. The van der Waals surface area contributed by atoms with Crippen molar-refractivity contribution in [2.75, 3.05) is 12.0 Å². The summed E-state index contributed by atoms with van der Waals surface area (Å²) >= 11 is 0. The highest BCUT2D eigenvalue weighted by atomic mass is 16.5. The number of allylic oxidation sites excluding steroid dienone is 2. The second-order valence-electron chi connectivity index (χ2n) is 13.3. The Morgan fingerprint density at radius 1 is 0.436 bits per heavy atom. The number of hydrogen-bond donors (Lipinski definition) is 0. The molecule has 0 aliphatic rings. The van der Waals surface area contributed by atoms with Gasteiger partial charge in [-0.3, -0.25) is 0 Å². The van der Waals surface area contributed by atoms with Gasteiger partial charge in [0.2, 0.25) is 0 Å². The highest BCUT2D eigenvalue weighted by molar-refractivity contribution is 6.05. The Bertz CT molecular complexity index is 2490. The van der Waals surface area contributed by atoms with Crippen molar-refractivity contribution in [2.24, 2.45) is 0 Å². The van der Waals surface area contributed by atoms with E-state index in [2.05, 4.69) is 223 Å². The molecule has 0 aromatic heterocycles. The number of methoxy groups -OCH3 is 1. The van der Waals surface area contributed by atoms with E-state index in [9.17, 15) is 0 Å². The smallest absolute Gasteiger partial charge is 0.119 e. The first-order chi connectivity index (χ1) is 27.2. The van der Waals surface area contributed by atoms with Gasteiger partial charge in [0.25, 0.3) is 0 Å². The standard InChI is InChI=1S/C53H41NO/c1-55-48-36-34-47(35-37-48)54(46-32-29-40(30-33-46)17-16-28-49(41-18-6-2-7-19-41)42-20-8-3-9-21-42)53-38-31-45(50-26-14-15-27-51(50)53)39-52(43-22-10-4-11-23-43)44-24-12-5-13-25-44/h2-39H,1H3/b17-16+. The Kier molecular flexibility index (Phi) is 10.6. The predicted molar refractivity (Wildman–Crippen MR) is 234 cm³/mol. The third kappa shape index (κ3) is 7.95. The fraction of sp³-hybridized carbons (Fsp3) is 0.0189. The van der Waals surface area contributed by atoms with Crippen LogP contribution in [0.15, 0.2) is 218 Å². The number of rotatable bonds is 11. The molecule has 0 radical (unpaired) electrons. The van der Waals surface area contributed by atoms with Crippen LogP contribution in [-0.4, -0.2) is 7.11 Å². The third-order valence-corrected chi connectivity index (χ3v) is 9.85. The van der Waals surface area contributed by atoms with E-state index in [4.69, 9.17) is 4.74 Å². The Morgan fingerprint density at radius 2 is 0.891 bits per heavy atom. The lowest BCUT2D eigenvalue weighted by molar-refractivity contribution is 0.415. The SMILES string of the molecule is COc1ccc(N(c2ccc(/C=C/C=C(c3ccccc3)c3ccccc3)cc2)c2ccc(C=C(c3ccccc3)c3ccccc3)c3ccccc23)cc1. The lowest BCUT2D eigenvalue weighted by Gasteiger charge is -2.27. The Morgan fingerprint density at radius 3 is 1.40 bits per heavy atom. The average molecular weight is 708 g/mol. The summed E-state index contributed by atoms with van der Waals surface area (Å²) in [6, 6.07) is 72.6. The van der Waals surface area contributed by atoms with Gasteiger partial charge in [0.1, 0.15) is 5.75 Å². The largest absolute Gasteiger partial charge is 0.497 e. The average Bonchev–Trinajstić information content (AvgIpc) is 3.27. The fourth-order valence-corrected chi connectivity index (χ4v) is 7.09. The summed E-state index contributed by atoms with van der Waals surface area (Å²) in [5.74, 6) is 0.822. The van der Waals surface area contributed by atoms with Crippen LogP contribution in [0.2, 0.25) is 0 Å². The molecular weight excluding hydrogens is 667 g/mol.